The van der Waals surface area contributed by atoms with Crippen molar-refractivity contribution in [3.05, 3.63) is 35.2 Å². The third-order valence-corrected chi connectivity index (χ3v) is 5.54. The second kappa shape index (κ2) is 7.25. The normalized spacial score (nSPS) is 17.5. The van der Waals surface area contributed by atoms with Crippen molar-refractivity contribution < 1.29 is 9.90 Å². The number of nitrogens with one attached hydrogen (secondary N) is 1. The predicted molar refractivity (Wildman–Crippen MR) is 91.0 cm³/mol. The molecule has 0 spiro atoms. The zero-order chi connectivity index (χ0) is 15.4. The molecular weight excluding hydrogens is 294 g/mol. The molecule has 1 aromatic carbocycles. The van der Waals surface area contributed by atoms with Gasteiger partial charge in [0.2, 0.25) is 5.91 Å². The predicted octanol–water partition coefficient (Wildman–Crippen LogP) is 4.02. The van der Waals surface area contributed by atoms with Gasteiger partial charge in [0.05, 0.1) is 6.10 Å². The van der Waals surface area contributed by atoms with Crippen LogP contribution in [0.4, 0.5) is 0 Å². The summed E-state index contributed by atoms with van der Waals surface area (Å²) in [7, 11) is 0. The second-order valence-electron chi connectivity index (χ2n) is 6.22. The van der Waals surface area contributed by atoms with Gasteiger partial charge in [0, 0.05) is 23.2 Å². The van der Waals surface area contributed by atoms with E-state index in [1.807, 2.05) is 23.6 Å². The first-order chi connectivity index (χ1) is 10.7. The molecule has 118 valence electrons. The fraction of sp³-hybridized carbons (Fsp3) is 0.500. The standard InChI is InChI=1S/C18H23NO2S/c20-16(15-12-22-17-9-5-4-8-14(15)17)11-19-18(21)10-13-6-2-1-3-7-13/h4-5,8-9,12-13,16,20H,1-3,6-7,10-11H2,(H,19,21). The number of carbonyl (C=O) groups excluding carboxylic acids is 1. The third-order valence-electron chi connectivity index (χ3n) is 4.56. The average Bonchev–Trinajstić information content (AvgIpc) is 2.98. The van der Waals surface area contributed by atoms with Gasteiger partial charge in [-0.2, -0.15) is 0 Å². The molecule has 0 bridgehead atoms. The van der Waals surface area contributed by atoms with E-state index in [1.54, 1.807) is 11.3 Å². The summed E-state index contributed by atoms with van der Waals surface area (Å²) < 4.78 is 1.17. The number of fused-ring (bicyclic) bond motifs is 1. The Morgan fingerprint density at radius 1 is 1.27 bits per heavy atom. The molecule has 1 unspecified atom stereocenters. The summed E-state index contributed by atoms with van der Waals surface area (Å²) in [6.45, 7) is 0.298. The quantitative estimate of drug-likeness (QED) is 0.875. The first-order valence-electron chi connectivity index (χ1n) is 8.15. The lowest BCUT2D eigenvalue weighted by Crippen LogP contribution is -2.30. The molecule has 1 atom stereocenters. The zero-order valence-corrected chi connectivity index (χ0v) is 13.6. The van der Waals surface area contributed by atoms with E-state index in [9.17, 15) is 9.90 Å². The number of hydrogen-bond acceptors (Lipinski definition) is 3. The average molecular weight is 317 g/mol. The molecule has 1 amide bonds. The maximum atomic E-state index is 12.0. The van der Waals surface area contributed by atoms with Gasteiger partial charge >= 0.3 is 0 Å². The van der Waals surface area contributed by atoms with Crippen LogP contribution < -0.4 is 5.32 Å². The molecular formula is C18H23NO2S. The van der Waals surface area contributed by atoms with Crippen LogP contribution in [-0.2, 0) is 4.79 Å². The van der Waals surface area contributed by atoms with Crippen LogP contribution in [0, 0.1) is 5.92 Å². The number of benzene rings is 1. The Balaban J connectivity index is 1.53. The molecule has 1 heterocycles. The van der Waals surface area contributed by atoms with Crippen molar-refractivity contribution in [3.63, 3.8) is 0 Å². The highest BCUT2D eigenvalue weighted by molar-refractivity contribution is 7.17. The highest BCUT2D eigenvalue weighted by atomic mass is 32.1. The lowest BCUT2D eigenvalue weighted by Gasteiger charge is -2.21. The number of rotatable bonds is 5. The summed E-state index contributed by atoms with van der Waals surface area (Å²) in [5.74, 6) is 0.610. The molecule has 1 saturated carbocycles. The molecule has 2 N–H and O–H groups in total. The van der Waals surface area contributed by atoms with Crippen molar-refractivity contribution >= 4 is 27.3 Å². The van der Waals surface area contributed by atoms with E-state index < -0.39 is 6.10 Å². The van der Waals surface area contributed by atoms with Crippen LogP contribution in [0.3, 0.4) is 0 Å². The van der Waals surface area contributed by atoms with E-state index in [1.165, 1.54) is 36.8 Å². The van der Waals surface area contributed by atoms with Gasteiger partial charge in [-0.05, 0) is 35.6 Å². The molecule has 1 aliphatic rings. The number of aliphatic hydroxyl groups excluding tert-OH is 1. The number of aliphatic hydroxyl groups is 1. The van der Waals surface area contributed by atoms with Crippen LogP contribution in [0.5, 0.6) is 0 Å². The van der Waals surface area contributed by atoms with Gasteiger partial charge in [0.25, 0.3) is 0 Å². The van der Waals surface area contributed by atoms with E-state index >= 15 is 0 Å². The van der Waals surface area contributed by atoms with Crippen molar-refractivity contribution in [2.24, 2.45) is 5.92 Å². The van der Waals surface area contributed by atoms with Gasteiger partial charge < -0.3 is 10.4 Å². The van der Waals surface area contributed by atoms with E-state index in [4.69, 9.17) is 0 Å². The molecule has 1 fully saturated rings. The summed E-state index contributed by atoms with van der Waals surface area (Å²) in [5.41, 5.74) is 0.915. The largest absolute Gasteiger partial charge is 0.387 e. The number of thiophene rings is 1. The zero-order valence-electron chi connectivity index (χ0n) is 12.8. The van der Waals surface area contributed by atoms with Crippen molar-refractivity contribution in [1.82, 2.24) is 5.32 Å². The fourth-order valence-electron chi connectivity index (χ4n) is 3.30. The van der Waals surface area contributed by atoms with Crippen LogP contribution in [0.2, 0.25) is 0 Å². The smallest absolute Gasteiger partial charge is 0.220 e. The lowest BCUT2D eigenvalue weighted by atomic mass is 9.87. The Bertz CT molecular complexity index is 631. The Morgan fingerprint density at radius 2 is 2.05 bits per heavy atom. The minimum Gasteiger partial charge on any atom is -0.387 e. The Hall–Kier alpha value is -1.39. The Kier molecular flexibility index (Phi) is 5.11. The molecule has 1 aliphatic carbocycles. The van der Waals surface area contributed by atoms with E-state index in [2.05, 4.69) is 11.4 Å². The Labute approximate surface area is 135 Å². The topological polar surface area (TPSA) is 49.3 Å². The van der Waals surface area contributed by atoms with Crippen LogP contribution in [-0.4, -0.2) is 17.6 Å². The van der Waals surface area contributed by atoms with Crippen LogP contribution >= 0.6 is 11.3 Å². The molecule has 0 aliphatic heterocycles. The maximum absolute atomic E-state index is 12.0. The van der Waals surface area contributed by atoms with Crippen molar-refractivity contribution in [3.8, 4) is 0 Å². The molecule has 22 heavy (non-hydrogen) atoms. The van der Waals surface area contributed by atoms with Crippen molar-refractivity contribution in [1.29, 1.82) is 0 Å². The lowest BCUT2D eigenvalue weighted by molar-refractivity contribution is -0.122. The SMILES string of the molecule is O=C(CC1CCCCC1)NCC(O)c1csc2ccccc12. The van der Waals surface area contributed by atoms with Gasteiger partial charge in [-0.1, -0.05) is 37.5 Å². The maximum Gasteiger partial charge on any atom is 0.220 e. The molecule has 1 aromatic heterocycles. The first-order valence-corrected chi connectivity index (χ1v) is 9.03. The summed E-state index contributed by atoms with van der Waals surface area (Å²) >= 11 is 1.63. The number of carbonyl (C=O) groups is 1. The highest BCUT2D eigenvalue weighted by Gasteiger charge is 2.18. The fourth-order valence-corrected chi connectivity index (χ4v) is 4.31. The molecule has 4 heteroatoms. The minimum atomic E-state index is -0.633. The summed E-state index contributed by atoms with van der Waals surface area (Å²) in [4.78, 5) is 12.0. The first kappa shape index (κ1) is 15.5. The van der Waals surface area contributed by atoms with E-state index in [-0.39, 0.29) is 5.91 Å². The monoisotopic (exact) mass is 317 g/mol. The molecule has 3 rings (SSSR count). The van der Waals surface area contributed by atoms with Gasteiger partial charge in [0.15, 0.2) is 0 Å². The van der Waals surface area contributed by atoms with Crippen molar-refractivity contribution in [2.75, 3.05) is 6.54 Å². The van der Waals surface area contributed by atoms with Gasteiger partial charge in [-0.15, -0.1) is 11.3 Å². The van der Waals surface area contributed by atoms with Gasteiger partial charge in [-0.3, -0.25) is 4.79 Å². The van der Waals surface area contributed by atoms with Crippen LogP contribution in [0.15, 0.2) is 29.6 Å². The minimum absolute atomic E-state index is 0.0745. The number of amides is 1. The molecule has 3 nitrogen and oxygen atoms in total. The molecule has 0 saturated heterocycles. The van der Waals surface area contributed by atoms with Gasteiger partial charge in [0.1, 0.15) is 0 Å². The van der Waals surface area contributed by atoms with E-state index in [0.29, 0.717) is 18.9 Å². The van der Waals surface area contributed by atoms with Crippen molar-refractivity contribution in [2.45, 2.75) is 44.6 Å². The third kappa shape index (κ3) is 3.68. The Morgan fingerprint density at radius 3 is 2.86 bits per heavy atom. The molecule has 0 radical (unpaired) electrons. The second-order valence-corrected chi connectivity index (χ2v) is 7.13. The van der Waals surface area contributed by atoms with Gasteiger partial charge in [-0.25, -0.2) is 0 Å². The van der Waals surface area contributed by atoms with Crippen LogP contribution in [0.1, 0.15) is 50.2 Å². The highest BCUT2D eigenvalue weighted by Crippen LogP contribution is 2.30. The summed E-state index contributed by atoms with van der Waals surface area (Å²) in [6.07, 6.45) is 6.13. The summed E-state index contributed by atoms with van der Waals surface area (Å²) in [5, 5.41) is 16.3. The molecule has 2 aromatic rings. The number of hydrogen-bond donors (Lipinski definition) is 2. The summed E-state index contributed by atoms with van der Waals surface area (Å²) in [6, 6.07) is 8.06. The van der Waals surface area contributed by atoms with E-state index in [0.717, 1.165) is 10.9 Å². The van der Waals surface area contributed by atoms with Crippen LogP contribution in [0.25, 0.3) is 10.1 Å².